The maximum absolute atomic E-state index is 11.2. The van der Waals surface area contributed by atoms with Gasteiger partial charge in [0.1, 0.15) is 10.8 Å². The van der Waals surface area contributed by atoms with Gasteiger partial charge in [-0.2, -0.15) is 0 Å². The van der Waals surface area contributed by atoms with Gasteiger partial charge in [0.05, 0.1) is 22.6 Å². The highest BCUT2D eigenvalue weighted by atomic mass is 35.5. The molecule has 1 aromatic heterocycles. The number of ether oxygens (including phenoxy) is 1. The predicted molar refractivity (Wildman–Crippen MR) is 69.1 cm³/mol. The number of aromatic nitrogens is 1. The van der Waals surface area contributed by atoms with Crippen LogP contribution in [0.3, 0.4) is 0 Å². The number of benzene rings is 1. The SMILES string of the molecule is COc1cccc(Cl)c1-c1ncc(C(C)=O)s1. The van der Waals surface area contributed by atoms with Gasteiger partial charge >= 0.3 is 0 Å². The molecule has 0 radical (unpaired) electrons. The first-order valence-corrected chi connectivity index (χ1v) is 6.12. The van der Waals surface area contributed by atoms with Crippen molar-refractivity contribution in [1.29, 1.82) is 0 Å². The zero-order chi connectivity index (χ0) is 12.4. The average Bonchev–Trinajstić information content (AvgIpc) is 2.77. The molecule has 17 heavy (non-hydrogen) atoms. The Morgan fingerprint density at radius 2 is 2.24 bits per heavy atom. The van der Waals surface area contributed by atoms with Gasteiger partial charge in [-0.15, -0.1) is 11.3 Å². The molecular formula is C12H10ClNO2S. The van der Waals surface area contributed by atoms with Crippen molar-refractivity contribution < 1.29 is 9.53 Å². The van der Waals surface area contributed by atoms with Crippen molar-refractivity contribution >= 4 is 28.7 Å². The zero-order valence-electron chi connectivity index (χ0n) is 9.36. The van der Waals surface area contributed by atoms with E-state index in [1.165, 1.54) is 18.3 Å². The Hall–Kier alpha value is -1.39. The van der Waals surface area contributed by atoms with Gasteiger partial charge < -0.3 is 4.74 Å². The molecule has 1 heterocycles. The summed E-state index contributed by atoms with van der Waals surface area (Å²) in [6.45, 7) is 1.52. The second-order valence-electron chi connectivity index (χ2n) is 3.40. The molecule has 88 valence electrons. The third kappa shape index (κ3) is 2.33. The molecule has 1 aromatic carbocycles. The Morgan fingerprint density at radius 1 is 1.47 bits per heavy atom. The number of ketones is 1. The van der Waals surface area contributed by atoms with E-state index in [9.17, 15) is 4.79 Å². The van der Waals surface area contributed by atoms with Crippen LogP contribution in [-0.2, 0) is 0 Å². The fraction of sp³-hybridized carbons (Fsp3) is 0.167. The van der Waals surface area contributed by atoms with Gasteiger partial charge in [0.25, 0.3) is 0 Å². The molecule has 2 rings (SSSR count). The monoisotopic (exact) mass is 267 g/mol. The van der Waals surface area contributed by atoms with Crippen molar-refractivity contribution in [3.8, 4) is 16.3 Å². The fourth-order valence-corrected chi connectivity index (χ4v) is 2.62. The third-order valence-electron chi connectivity index (χ3n) is 2.26. The van der Waals surface area contributed by atoms with Crippen LogP contribution in [0.2, 0.25) is 5.02 Å². The summed E-state index contributed by atoms with van der Waals surface area (Å²) in [7, 11) is 1.58. The topological polar surface area (TPSA) is 39.2 Å². The molecule has 0 atom stereocenters. The van der Waals surface area contributed by atoms with E-state index >= 15 is 0 Å². The van der Waals surface area contributed by atoms with Gasteiger partial charge in [0.15, 0.2) is 5.78 Å². The van der Waals surface area contributed by atoms with E-state index in [-0.39, 0.29) is 5.78 Å². The van der Waals surface area contributed by atoms with Crippen LogP contribution >= 0.6 is 22.9 Å². The van der Waals surface area contributed by atoms with E-state index in [4.69, 9.17) is 16.3 Å². The van der Waals surface area contributed by atoms with Crippen molar-refractivity contribution in [2.75, 3.05) is 7.11 Å². The molecule has 0 fully saturated rings. The zero-order valence-corrected chi connectivity index (χ0v) is 10.9. The minimum Gasteiger partial charge on any atom is -0.496 e. The molecule has 0 spiro atoms. The minimum absolute atomic E-state index is 0.000213. The molecule has 5 heteroatoms. The van der Waals surface area contributed by atoms with Gasteiger partial charge in [-0.3, -0.25) is 4.79 Å². The van der Waals surface area contributed by atoms with Crippen LogP contribution in [0.5, 0.6) is 5.75 Å². The molecule has 0 aliphatic rings. The van der Waals surface area contributed by atoms with Gasteiger partial charge in [-0.05, 0) is 12.1 Å². The number of methoxy groups -OCH3 is 1. The standard InChI is InChI=1S/C12H10ClNO2S/c1-7(15)10-6-14-12(17-10)11-8(13)4-3-5-9(11)16-2/h3-6H,1-2H3. The maximum atomic E-state index is 11.2. The van der Waals surface area contributed by atoms with Crippen LogP contribution in [-0.4, -0.2) is 17.9 Å². The number of hydrogen-bond donors (Lipinski definition) is 0. The number of carbonyl (C=O) groups is 1. The summed E-state index contributed by atoms with van der Waals surface area (Å²) in [5.41, 5.74) is 0.731. The maximum Gasteiger partial charge on any atom is 0.171 e. The van der Waals surface area contributed by atoms with Gasteiger partial charge in [-0.1, -0.05) is 17.7 Å². The molecule has 0 N–H and O–H groups in total. The first-order valence-electron chi connectivity index (χ1n) is 4.93. The molecule has 0 unspecified atom stereocenters. The number of nitrogens with zero attached hydrogens (tertiary/aromatic N) is 1. The lowest BCUT2D eigenvalue weighted by atomic mass is 10.2. The molecule has 0 saturated carbocycles. The Balaban J connectivity index is 2.55. The van der Waals surface area contributed by atoms with Gasteiger partial charge in [0.2, 0.25) is 0 Å². The fourth-order valence-electron chi connectivity index (χ4n) is 1.43. The van der Waals surface area contributed by atoms with Crippen molar-refractivity contribution in [3.05, 3.63) is 34.3 Å². The predicted octanol–water partition coefficient (Wildman–Crippen LogP) is 3.67. The molecule has 0 aliphatic heterocycles. The van der Waals surface area contributed by atoms with E-state index in [0.29, 0.717) is 20.7 Å². The van der Waals surface area contributed by atoms with E-state index in [2.05, 4.69) is 4.98 Å². The second-order valence-corrected chi connectivity index (χ2v) is 4.84. The highest BCUT2D eigenvalue weighted by Gasteiger charge is 2.15. The van der Waals surface area contributed by atoms with Crippen LogP contribution in [0.25, 0.3) is 10.6 Å². The number of rotatable bonds is 3. The van der Waals surface area contributed by atoms with Crippen molar-refractivity contribution in [2.45, 2.75) is 6.92 Å². The summed E-state index contributed by atoms with van der Waals surface area (Å²) in [6.07, 6.45) is 1.56. The van der Waals surface area contributed by atoms with E-state index in [1.807, 2.05) is 12.1 Å². The molecule has 0 amide bonds. The summed E-state index contributed by atoms with van der Waals surface area (Å²) < 4.78 is 5.25. The molecule has 0 saturated heterocycles. The highest BCUT2D eigenvalue weighted by molar-refractivity contribution is 7.17. The lowest BCUT2D eigenvalue weighted by molar-refractivity contribution is 0.102. The number of carbonyl (C=O) groups excluding carboxylic acids is 1. The van der Waals surface area contributed by atoms with Gasteiger partial charge in [-0.25, -0.2) is 4.98 Å². The summed E-state index contributed by atoms with van der Waals surface area (Å²) >= 11 is 7.45. The van der Waals surface area contributed by atoms with Crippen molar-refractivity contribution in [2.24, 2.45) is 0 Å². The Labute approximate surface area is 108 Å². The van der Waals surface area contributed by atoms with E-state index in [0.717, 1.165) is 5.56 Å². The third-order valence-corrected chi connectivity index (χ3v) is 3.69. The molecular weight excluding hydrogens is 258 g/mol. The lowest BCUT2D eigenvalue weighted by Crippen LogP contribution is -1.87. The van der Waals surface area contributed by atoms with Crippen LogP contribution in [0, 0.1) is 0 Å². The quantitative estimate of drug-likeness (QED) is 0.797. The Bertz CT molecular complexity index is 565. The smallest absolute Gasteiger partial charge is 0.171 e. The van der Waals surface area contributed by atoms with E-state index < -0.39 is 0 Å². The average molecular weight is 268 g/mol. The Kier molecular flexibility index (Phi) is 3.45. The molecule has 0 bridgehead atoms. The summed E-state index contributed by atoms with van der Waals surface area (Å²) in [5.74, 6) is 0.654. The van der Waals surface area contributed by atoms with Crippen LogP contribution < -0.4 is 4.74 Å². The second kappa shape index (κ2) is 4.85. The normalized spacial score (nSPS) is 10.3. The van der Waals surface area contributed by atoms with Crippen molar-refractivity contribution in [3.63, 3.8) is 0 Å². The molecule has 0 aliphatic carbocycles. The van der Waals surface area contributed by atoms with Crippen LogP contribution in [0.4, 0.5) is 0 Å². The van der Waals surface area contributed by atoms with Crippen LogP contribution in [0.1, 0.15) is 16.6 Å². The summed E-state index contributed by atoms with van der Waals surface area (Å²) in [6, 6.07) is 5.40. The highest BCUT2D eigenvalue weighted by Crippen LogP contribution is 2.38. The summed E-state index contributed by atoms with van der Waals surface area (Å²) in [5, 5.41) is 1.26. The summed E-state index contributed by atoms with van der Waals surface area (Å²) in [4.78, 5) is 16.1. The molecule has 2 aromatic rings. The van der Waals surface area contributed by atoms with Crippen LogP contribution in [0.15, 0.2) is 24.4 Å². The van der Waals surface area contributed by atoms with E-state index in [1.54, 1.807) is 19.4 Å². The first-order chi connectivity index (χ1) is 8.13. The first kappa shape index (κ1) is 12.1. The molecule has 3 nitrogen and oxygen atoms in total. The number of thiazole rings is 1. The van der Waals surface area contributed by atoms with Crippen molar-refractivity contribution in [1.82, 2.24) is 4.98 Å². The lowest BCUT2D eigenvalue weighted by Gasteiger charge is -2.07. The number of Topliss-reactive ketones (excluding diaryl/α,β-unsaturated/α-hetero) is 1. The minimum atomic E-state index is -0.000213. The number of hydrogen-bond acceptors (Lipinski definition) is 4. The largest absolute Gasteiger partial charge is 0.496 e. The van der Waals surface area contributed by atoms with Gasteiger partial charge in [0, 0.05) is 13.1 Å². The Morgan fingerprint density at radius 3 is 2.82 bits per heavy atom. The number of halogens is 1.